The Morgan fingerprint density at radius 1 is 1.08 bits per heavy atom. The van der Waals surface area contributed by atoms with Crippen molar-refractivity contribution in [3.8, 4) is 0 Å². The van der Waals surface area contributed by atoms with Crippen LogP contribution >= 0.6 is 22.9 Å². The highest BCUT2D eigenvalue weighted by molar-refractivity contribution is 7.89. The molecule has 1 atom stereocenters. The average molecular weight is 556 g/mol. The lowest BCUT2D eigenvalue weighted by atomic mass is 10.2. The van der Waals surface area contributed by atoms with Crippen LogP contribution in [-0.4, -0.2) is 49.9 Å². The predicted octanol–water partition coefficient (Wildman–Crippen LogP) is 5.60. The summed E-state index contributed by atoms with van der Waals surface area (Å²) in [6.07, 6.45) is 1.72. The van der Waals surface area contributed by atoms with E-state index in [1.54, 1.807) is 30.1 Å². The number of carbonyl (C=O) groups is 1. The van der Waals surface area contributed by atoms with Crippen molar-refractivity contribution in [2.24, 2.45) is 0 Å². The first-order valence-corrected chi connectivity index (χ1v) is 14.6. The number of hydrogen-bond acceptors (Lipinski definition) is 6. The Morgan fingerprint density at radius 2 is 1.84 bits per heavy atom. The van der Waals surface area contributed by atoms with Crippen molar-refractivity contribution < 1.29 is 17.9 Å². The molecule has 0 radical (unpaired) electrons. The van der Waals surface area contributed by atoms with Gasteiger partial charge in [0.15, 0.2) is 5.13 Å². The molecule has 0 aliphatic carbocycles. The van der Waals surface area contributed by atoms with Gasteiger partial charge in [-0.05, 0) is 54.8 Å². The number of benzene rings is 3. The first kappa shape index (κ1) is 25.8. The molecule has 0 saturated carbocycles. The van der Waals surface area contributed by atoms with E-state index in [2.05, 4.69) is 4.98 Å². The summed E-state index contributed by atoms with van der Waals surface area (Å²) in [7, 11) is -2.18. The van der Waals surface area contributed by atoms with Gasteiger partial charge in [-0.1, -0.05) is 59.3 Å². The Morgan fingerprint density at radius 3 is 2.51 bits per heavy atom. The SMILES string of the molecule is CN(Cc1ccccc1)S(=O)(=O)c1ccc(C(=O)N(CC2CCCO2)c2nc3c(Cl)cccc3s2)cc1. The summed E-state index contributed by atoms with van der Waals surface area (Å²) in [4.78, 5) is 20.1. The van der Waals surface area contributed by atoms with Crippen molar-refractivity contribution in [2.75, 3.05) is 25.1 Å². The molecule has 1 aliphatic rings. The fourth-order valence-corrected chi connectivity index (χ4v) is 6.72. The zero-order valence-corrected chi connectivity index (χ0v) is 22.6. The van der Waals surface area contributed by atoms with Crippen LogP contribution in [0.3, 0.4) is 0 Å². The number of anilines is 1. The van der Waals surface area contributed by atoms with E-state index >= 15 is 0 Å². The van der Waals surface area contributed by atoms with Crippen molar-refractivity contribution >= 4 is 54.2 Å². The van der Waals surface area contributed by atoms with Crippen molar-refractivity contribution in [1.29, 1.82) is 0 Å². The minimum atomic E-state index is -3.73. The Hall–Kier alpha value is -2.82. The van der Waals surface area contributed by atoms with Crippen LogP contribution in [0.1, 0.15) is 28.8 Å². The molecular weight excluding hydrogens is 530 g/mol. The monoisotopic (exact) mass is 555 g/mol. The van der Waals surface area contributed by atoms with Gasteiger partial charge in [-0.15, -0.1) is 0 Å². The van der Waals surface area contributed by atoms with Crippen LogP contribution in [0.15, 0.2) is 77.7 Å². The number of nitrogens with zero attached hydrogens (tertiary/aromatic N) is 3. The number of hydrogen-bond donors (Lipinski definition) is 0. The molecule has 5 rings (SSSR count). The van der Waals surface area contributed by atoms with Gasteiger partial charge in [0, 0.05) is 25.8 Å². The van der Waals surface area contributed by atoms with Gasteiger partial charge in [-0.25, -0.2) is 13.4 Å². The van der Waals surface area contributed by atoms with Gasteiger partial charge in [-0.3, -0.25) is 9.69 Å². The quantitative estimate of drug-likeness (QED) is 0.283. The highest BCUT2D eigenvalue weighted by atomic mass is 35.5. The lowest BCUT2D eigenvalue weighted by Gasteiger charge is -2.23. The summed E-state index contributed by atoms with van der Waals surface area (Å²) in [6, 6.07) is 21.0. The van der Waals surface area contributed by atoms with Crippen LogP contribution in [0.25, 0.3) is 10.2 Å². The summed E-state index contributed by atoms with van der Waals surface area (Å²) < 4.78 is 34.2. The number of para-hydroxylation sites is 1. The zero-order valence-electron chi connectivity index (χ0n) is 20.2. The Labute approximate surface area is 225 Å². The van der Waals surface area contributed by atoms with E-state index in [9.17, 15) is 13.2 Å². The molecule has 7 nitrogen and oxygen atoms in total. The van der Waals surface area contributed by atoms with E-state index in [-0.39, 0.29) is 23.5 Å². The number of aromatic nitrogens is 1. The highest BCUT2D eigenvalue weighted by Crippen LogP contribution is 2.34. The van der Waals surface area contributed by atoms with Crippen molar-refractivity contribution in [3.63, 3.8) is 0 Å². The Balaban J connectivity index is 1.40. The number of thiazole rings is 1. The first-order chi connectivity index (χ1) is 17.8. The number of carbonyl (C=O) groups excluding carboxylic acids is 1. The van der Waals surface area contributed by atoms with E-state index in [4.69, 9.17) is 16.3 Å². The second kappa shape index (κ2) is 10.9. The second-order valence-corrected chi connectivity index (χ2v) is 12.4. The number of fused-ring (bicyclic) bond motifs is 1. The molecule has 0 bridgehead atoms. The summed E-state index contributed by atoms with van der Waals surface area (Å²) in [5.74, 6) is -0.271. The fraction of sp³-hybridized carbons (Fsp3) is 0.259. The smallest absolute Gasteiger partial charge is 0.260 e. The number of sulfonamides is 1. The zero-order chi connectivity index (χ0) is 26.0. The molecule has 0 N–H and O–H groups in total. The molecular formula is C27H26ClN3O4S2. The lowest BCUT2D eigenvalue weighted by molar-refractivity contribution is 0.0917. The molecule has 1 amide bonds. The summed E-state index contributed by atoms with van der Waals surface area (Å²) in [5, 5.41) is 1.06. The van der Waals surface area contributed by atoms with Crippen LogP contribution < -0.4 is 4.90 Å². The largest absolute Gasteiger partial charge is 0.376 e. The van der Waals surface area contributed by atoms with E-state index in [0.717, 1.165) is 23.1 Å². The predicted molar refractivity (Wildman–Crippen MR) is 147 cm³/mol. The Kier molecular flexibility index (Phi) is 7.60. The van der Waals surface area contributed by atoms with Crippen LogP contribution in [0.5, 0.6) is 0 Å². The van der Waals surface area contributed by atoms with Crippen LogP contribution in [0.4, 0.5) is 5.13 Å². The maximum absolute atomic E-state index is 13.7. The highest BCUT2D eigenvalue weighted by Gasteiger charge is 2.28. The minimum Gasteiger partial charge on any atom is -0.376 e. The number of ether oxygens (including phenoxy) is 1. The molecule has 1 aromatic heterocycles. The van der Waals surface area contributed by atoms with Crippen molar-refractivity contribution in [1.82, 2.24) is 9.29 Å². The van der Waals surface area contributed by atoms with Gasteiger partial charge >= 0.3 is 0 Å². The molecule has 3 aromatic carbocycles. The van der Waals surface area contributed by atoms with Gasteiger partial charge < -0.3 is 4.74 Å². The Bertz CT molecular complexity index is 1500. The van der Waals surface area contributed by atoms with E-state index in [1.807, 2.05) is 42.5 Å². The van der Waals surface area contributed by atoms with Gasteiger partial charge in [0.05, 0.1) is 27.3 Å². The van der Waals surface area contributed by atoms with E-state index < -0.39 is 10.0 Å². The molecule has 1 saturated heterocycles. The normalized spacial score (nSPS) is 15.9. The molecule has 2 heterocycles. The van der Waals surface area contributed by atoms with E-state index in [1.165, 1.54) is 27.8 Å². The summed E-state index contributed by atoms with van der Waals surface area (Å²) in [6.45, 7) is 1.27. The van der Waals surface area contributed by atoms with Gasteiger partial charge in [0.25, 0.3) is 5.91 Å². The van der Waals surface area contributed by atoms with Gasteiger partial charge in [-0.2, -0.15) is 4.31 Å². The third-order valence-electron chi connectivity index (χ3n) is 6.30. The maximum atomic E-state index is 13.7. The van der Waals surface area contributed by atoms with Crippen LogP contribution in [0, 0.1) is 0 Å². The van der Waals surface area contributed by atoms with Crippen LogP contribution in [-0.2, 0) is 21.3 Å². The van der Waals surface area contributed by atoms with E-state index in [0.29, 0.717) is 34.4 Å². The molecule has 0 spiro atoms. The third-order valence-corrected chi connectivity index (χ3v) is 9.47. The van der Waals surface area contributed by atoms with Gasteiger partial charge in [0.2, 0.25) is 10.0 Å². The van der Waals surface area contributed by atoms with Gasteiger partial charge in [0.1, 0.15) is 5.52 Å². The van der Waals surface area contributed by atoms with Crippen molar-refractivity contribution in [2.45, 2.75) is 30.4 Å². The topological polar surface area (TPSA) is 79.8 Å². The fourth-order valence-electron chi connectivity index (χ4n) is 4.29. The number of rotatable bonds is 8. The molecule has 37 heavy (non-hydrogen) atoms. The molecule has 192 valence electrons. The molecule has 1 aliphatic heterocycles. The van der Waals surface area contributed by atoms with Crippen LogP contribution in [0.2, 0.25) is 5.02 Å². The standard InChI is InChI=1S/C27H26ClN3O4S2/c1-30(17-19-7-3-2-4-8-19)37(33,34)22-14-12-20(13-15-22)26(32)31(18-21-9-6-16-35-21)27-29-25-23(28)10-5-11-24(25)36-27/h2-5,7-8,10-15,21H,6,9,16-18H2,1H3. The molecule has 1 unspecified atom stereocenters. The summed E-state index contributed by atoms with van der Waals surface area (Å²) in [5.41, 5.74) is 1.91. The molecule has 1 fully saturated rings. The minimum absolute atomic E-state index is 0.0854. The molecule has 10 heteroatoms. The average Bonchev–Trinajstić information content (AvgIpc) is 3.58. The summed E-state index contributed by atoms with van der Waals surface area (Å²) >= 11 is 7.72. The second-order valence-electron chi connectivity index (χ2n) is 8.90. The molecule has 4 aromatic rings. The third kappa shape index (κ3) is 5.56. The van der Waals surface area contributed by atoms with Crippen molar-refractivity contribution in [3.05, 3.63) is 88.9 Å². The number of halogens is 1. The number of amides is 1. The first-order valence-electron chi connectivity index (χ1n) is 11.9. The lowest BCUT2D eigenvalue weighted by Crippen LogP contribution is -2.37. The maximum Gasteiger partial charge on any atom is 0.260 e.